The van der Waals surface area contributed by atoms with Gasteiger partial charge in [-0.15, -0.1) is 0 Å². The molecule has 0 saturated heterocycles. The normalized spacial score (nSPS) is 11.5. The number of benzene rings is 2. The summed E-state index contributed by atoms with van der Waals surface area (Å²) in [7, 11) is 0. The van der Waals surface area contributed by atoms with Gasteiger partial charge < -0.3 is 20.1 Å². The number of aromatic hydroxyl groups is 1. The topological polar surface area (TPSA) is 109 Å². The predicted octanol–water partition coefficient (Wildman–Crippen LogP) is 3.04. The maximum absolute atomic E-state index is 13.8. The molecule has 3 N–H and O–H groups in total. The Balaban J connectivity index is 2.19. The molecule has 7 nitrogen and oxygen atoms in total. The number of carboxylic acid groups (broad SMARTS) is 1. The molecule has 168 valence electrons. The van der Waals surface area contributed by atoms with Crippen molar-refractivity contribution in [3.8, 4) is 5.75 Å². The summed E-state index contributed by atoms with van der Waals surface area (Å²) in [5, 5.41) is 20.9. The largest absolute Gasteiger partial charge is 0.506 e. The number of nitrogens with one attached hydrogen (secondary N) is 1. The number of aromatic nitrogens is 1. The molecule has 1 aromatic heterocycles. The van der Waals surface area contributed by atoms with E-state index in [4.69, 9.17) is 5.11 Å². The van der Waals surface area contributed by atoms with Crippen molar-refractivity contribution in [3.05, 3.63) is 74.8 Å². The number of aliphatic carboxylic acids is 1. The van der Waals surface area contributed by atoms with Gasteiger partial charge in [0, 0.05) is 5.39 Å². The van der Waals surface area contributed by atoms with Crippen molar-refractivity contribution in [1.82, 2.24) is 9.88 Å². The first-order valence-corrected chi connectivity index (χ1v) is 9.12. The minimum Gasteiger partial charge on any atom is -0.506 e. The molecule has 1 amide bonds. The number of carbonyl (C=O) groups is 2. The number of halogens is 4. The predicted molar refractivity (Wildman–Crippen MR) is 105 cm³/mol. The van der Waals surface area contributed by atoms with E-state index in [0.717, 1.165) is 28.8 Å². The van der Waals surface area contributed by atoms with Gasteiger partial charge in [-0.2, -0.15) is 13.2 Å². The first-order valence-electron chi connectivity index (χ1n) is 9.12. The van der Waals surface area contributed by atoms with Gasteiger partial charge in [0.1, 0.15) is 23.7 Å². The number of alkyl halides is 3. The quantitative estimate of drug-likeness (QED) is 0.516. The van der Waals surface area contributed by atoms with Crippen molar-refractivity contribution in [2.75, 3.05) is 6.54 Å². The Morgan fingerprint density at radius 1 is 1.12 bits per heavy atom. The van der Waals surface area contributed by atoms with Gasteiger partial charge in [-0.25, -0.2) is 4.39 Å². The molecule has 11 heteroatoms. The molecular formula is C21H16F4N2O5. The lowest BCUT2D eigenvalue weighted by Crippen LogP contribution is -2.36. The van der Waals surface area contributed by atoms with Crippen molar-refractivity contribution in [2.24, 2.45) is 0 Å². The maximum Gasteiger partial charge on any atom is 0.416 e. The van der Waals surface area contributed by atoms with Gasteiger partial charge in [0.15, 0.2) is 0 Å². The lowest BCUT2D eigenvalue weighted by atomic mass is 10.0. The number of fused-ring (bicyclic) bond motifs is 1. The van der Waals surface area contributed by atoms with Gasteiger partial charge in [0.2, 0.25) is 0 Å². The smallest absolute Gasteiger partial charge is 0.416 e. The molecule has 0 aliphatic rings. The molecule has 0 unspecified atom stereocenters. The highest BCUT2D eigenvalue weighted by Gasteiger charge is 2.31. The monoisotopic (exact) mass is 452 g/mol. The number of rotatable bonds is 5. The van der Waals surface area contributed by atoms with E-state index in [1.165, 1.54) is 19.1 Å². The van der Waals surface area contributed by atoms with E-state index in [1.807, 2.05) is 5.32 Å². The van der Waals surface area contributed by atoms with Gasteiger partial charge in [-0.3, -0.25) is 14.4 Å². The summed E-state index contributed by atoms with van der Waals surface area (Å²) in [6, 6.07) is 6.01. The molecule has 0 aliphatic heterocycles. The van der Waals surface area contributed by atoms with Crippen LogP contribution in [0, 0.1) is 12.7 Å². The summed E-state index contributed by atoms with van der Waals surface area (Å²) in [6.45, 7) is 0.291. The molecule has 3 rings (SSSR count). The van der Waals surface area contributed by atoms with E-state index >= 15 is 0 Å². The highest BCUT2D eigenvalue weighted by atomic mass is 19.4. The number of carboxylic acids is 1. The van der Waals surface area contributed by atoms with Gasteiger partial charge in [-0.05, 0) is 48.4 Å². The Kier molecular flexibility index (Phi) is 5.93. The van der Waals surface area contributed by atoms with E-state index in [-0.39, 0.29) is 23.0 Å². The molecule has 3 aromatic rings. The Labute approximate surface area is 177 Å². The van der Waals surface area contributed by atoms with Crippen LogP contribution < -0.4 is 10.9 Å². The van der Waals surface area contributed by atoms with E-state index in [9.17, 15) is 37.1 Å². The second kappa shape index (κ2) is 8.33. The molecule has 0 aliphatic carbocycles. The Bertz CT molecular complexity index is 1300. The molecule has 0 spiro atoms. The summed E-state index contributed by atoms with van der Waals surface area (Å²) in [5.41, 5.74) is -2.15. The fraction of sp³-hybridized carbons (Fsp3) is 0.190. The summed E-state index contributed by atoms with van der Waals surface area (Å²) < 4.78 is 53.6. The highest BCUT2D eigenvalue weighted by Crippen LogP contribution is 2.31. The van der Waals surface area contributed by atoms with Crippen LogP contribution in [-0.4, -0.2) is 33.2 Å². The van der Waals surface area contributed by atoms with Crippen LogP contribution in [0.3, 0.4) is 0 Å². The Hall–Kier alpha value is -3.89. The number of hydrogen-bond acceptors (Lipinski definition) is 4. The van der Waals surface area contributed by atoms with Crippen molar-refractivity contribution in [3.63, 3.8) is 0 Å². The zero-order valence-corrected chi connectivity index (χ0v) is 16.5. The average Bonchev–Trinajstić information content (AvgIpc) is 2.70. The number of hydrogen-bond donors (Lipinski definition) is 3. The number of carbonyl (C=O) groups excluding carboxylic acids is 1. The number of aryl methyl sites for hydroxylation is 1. The van der Waals surface area contributed by atoms with Crippen molar-refractivity contribution < 1.29 is 37.4 Å². The summed E-state index contributed by atoms with van der Waals surface area (Å²) in [6.07, 6.45) is -4.56. The van der Waals surface area contributed by atoms with Gasteiger partial charge in [0.05, 0.1) is 17.6 Å². The second-order valence-electron chi connectivity index (χ2n) is 6.99. The molecule has 0 atom stereocenters. The summed E-state index contributed by atoms with van der Waals surface area (Å²) in [5.74, 6) is -4.21. The number of amides is 1. The van der Waals surface area contributed by atoms with Crippen LogP contribution in [0.15, 0.2) is 41.2 Å². The van der Waals surface area contributed by atoms with Crippen LogP contribution in [-0.2, 0) is 17.5 Å². The lowest BCUT2D eigenvalue weighted by molar-refractivity contribution is -0.138. The van der Waals surface area contributed by atoms with Crippen LogP contribution >= 0.6 is 0 Å². The fourth-order valence-electron chi connectivity index (χ4n) is 3.24. The van der Waals surface area contributed by atoms with E-state index in [2.05, 4.69) is 0 Å². The van der Waals surface area contributed by atoms with E-state index < -0.39 is 52.9 Å². The highest BCUT2D eigenvalue weighted by molar-refractivity contribution is 6.03. The number of pyridine rings is 1. The minimum absolute atomic E-state index is 0.0305. The average molecular weight is 452 g/mol. The third-order valence-electron chi connectivity index (χ3n) is 4.83. The maximum atomic E-state index is 13.8. The zero-order chi connectivity index (χ0) is 23.8. The standard InChI is InChI=1S/C21H16F4N2O5/c1-10-6-12(21(23,24)25)3-2-11(10)9-27-15-5-4-13(22)7-14(15)18(30)17(20(27)32)19(31)26-8-16(28)29/h2-7,30H,8-9H2,1H3,(H,26,31)(H,28,29). The molecule has 2 aromatic carbocycles. The molecule has 0 bridgehead atoms. The van der Waals surface area contributed by atoms with Crippen LogP contribution in [0.4, 0.5) is 17.6 Å². The number of nitrogens with zero attached hydrogens (tertiary/aromatic N) is 1. The van der Waals surface area contributed by atoms with Crippen LogP contribution in [0.25, 0.3) is 10.9 Å². The van der Waals surface area contributed by atoms with Gasteiger partial charge in [0.25, 0.3) is 11.5 Å². The molecule has 32 heavy (non-hydrogen) atoms. The first-order chi connectivity index (χ1) is 14.9. The third-order valence-corrected chi connectivity index (χ3v) is 4.83. The molecule has 0 radical (unpaired) electrons. The SMILES string of the molecule is Cc1cc(C(F)(F)F)ccc1Cn1c(=O)c(C(=O)NCC(=O)O)c(O)c2cc(F)ccc21. The molecule has 1 heterocycles. The van der Waals surface area contributed by atoms with Crippen molar-refractivity contribution >= 4 is 22.8 Å². The van der Waals surface area contributed by atoms with Crippen molar-refractivity contribution in [2.45, 2.75) is 19.6 Å². The third kappa shape index (κ3) is 4.41. The first kappa shape index (κ1) is 22.8. The van der Waals surface area contributed by atoms with E-state index in [1.54, 1.807) is 0 Å². The van der Waals surface area contributed by atoms with Crippen molar-refractivity contribution in [1.29, 1.82) is 0 Å². The zero-order valence-electron chi connectivity index (χ0n) is 16.5. The summed E-state index contributed by atoms with van der Waals surface area (Å²) >= 11 is 0. The lowest BCUT2D eigenvalue weighted by Gasteiger charge is -2.17. The second-order valence-corrected chi connectivity index (χ2v) is 6.99. The summed E-state index contributed by atoms with van der Waals surface area (Å²) in [4.78, 5) is 36.1. The van der Waals surface area contributed by atoms with Crippen LogP contribution in [0.2, 0.25) is 0 Å². The van der Waals surface area contributed by atoms with Gasteiger partial charge >= 0.3 is 12.1 Å². The van der Waals surface area contributed by atoms with Crippen LogP contribution in [0.5, 0.6) is 5.75 Å². The molecular weight excluding hydrogens is 436 g/mol. The molecule has 0 fully saturated rings. The molecule has 0 saturated carbocycles. The Morgan fingerprint density at radius 2 is 1.81 bits per heavy atom. The fourth-order valence-corrected chi connectivity index (χ4v) is 3.24. The Morgan fingerprint density at radius 3 is 2.41 bits per heavy atom. The van der Waals surface area contributed by atoms with Gasteiger partial charge in [-0.1, -0.05) is 6.07 Å². The minimum atomic E-state index is -4.56. The van der Waals surface area contributed by atoms with E-state index in [0.29, 0.717) is 5.56 Å². The van der Waals surface area contributed by atoms with Crippen LogP contribution in [0.1, 0.15) is 27.0 Å².